The van der Waals surface area contributed by atoms with Gasteiger partial charge < -0.3 is 10.1 Å². The number of hydrogen-bond donors (Lipinski definition) is 1. The van der Waals surface area contributed by atoms with Gasteiger partial charge in [0.25, 0.3) is 5.56 Å². The van der Waals surface area contributed by atoms with E-state index in [0.29, 0.717) is 22.3 Å². The highest BCUT2D eigenvalue weighted by Gasteiger charge is 2.08. The molecule has 1 N–H and O–H groups in total. The molecule has 1 aromatic heterocycles. The maximum atomic E-state index is 13.0. The molecule has 8 heteroatoms. The molecule has 0 saturated carbocycles. The highest BCUT2D eigenvalue weighted by atomic mass is 19.1. The summed E-state index contributed by atoms with van der Waals surface area (Å²) in [6.45, 7) is 0.393. The Hall–Kier alpha value is -4.07. The number of nitrogens with one attached hydrogen (secondary N) is 1. The number of benzene rings is 3. The molecular weight excluding hydrogens is 399 g/mol. The quantitative estimate of drug-likeness (QED) is 0.496. The molecule has 0 aliphatic carbocycles. The van der Waals surface area contributed by atoms with Gasteiger partial charge in [0.1, 0.15) is 23.7 Å². The van der Waals surface area contributed by atoms with Crippen LogP contribution in [-0.2, 0) is 17.9 Å². The summed E-state index contributed by atoms with van der Waals surface area (Å²) in [5.41, 5.74) is 1.64. The molecule has 0 fully saturated rings. The number of ether oxygens (including phenoxy) is 1. The van der Waals surface area contributed by atoms with Gasteiger partial charge in [0.15, 0.2) is 0 Å². The highest BCUT2D eigenvalue weighted by molar-refractivity contribution is 5.90. The van der Waals surface area contributed by atoms with Crippen molar-refractivity contribution in [2.45, 2.75) is 19.6 Å². The Balaban J connectivity index is 1.34. The standard InChI is InChI=1S/C23H19FN4O3/c24-17-10-8-16(9-11-17)15-31-19-5-3-4-18(14-19)25-22(29)12-13-28-23(30)20-6-1-2-7-21(20)26-27-28/h1-11,14H,12-13,15H2,(H,25,29). The zero-order valence-electron chi connectivity index (χ0n) is 16.5. The summed E-state index contributed by atoms with van der Waals surface area (Å²) in [5, 5.41) is 11.1. The first-order valence-electron chi connectivity index (χ1n) is 9.68. The number of carbonyl (C=O) groups excluding carboxylic acids is 1. The zero-order valence-corrected chi connectivity index (χ0v) is 16.5. The van der Waals surface area contributed by atoms with E-state index in [9.17, 15) is 14.0 Å². The van der Waals surface area contributed by atoms with E-state index in [1.165, 1.54) is 16.8 Å². The zero-order chi connectivity index (χ0) is 21.6. The smallest absolute Gasteiger partial charge is 0.277 e. The fraction of sp³-hybridized carbons (Fsp3) is 0.130. The molecule has 156 valence electrons. The topological polar surface area (TPSA) is 86.1 Å². The first-order valence-corrected chi connectivity index (χ1v) is 9.68. The number of fused-ring (bicyclic) bond motifs is 1. The third-order valence-electron chi connectivity index (χ3n) is 4.62. The van der Waals surface area contributed by atoms with Gasteiger partial charge in [-0.05, 0) is 42.0 Å². The number of hydrogen-bond acceptors (Lipinski definition) is 5. The molecule has 7 nitrogen and oxygen atoms in total. The molecule has 4 rings (SSSR count). The lowest BCUT2D eigenvalue weighted by atomic mass is 10.2. The van der Waals surface area contributed by atoms with Gasteiger partial charge in [-0.3, -0.25) is 9.59 Å². The lowest BCUT2D eigenvalue weighted by Crippen LogP contribution is -2.26. The lowest BCUT2D eigenvalue weighted by molar-refractivity contribution is -0.116. The molecule has 0 atom stereocenters. The molecule has 0 radical (unpaired) electrons. The Morgan fingerprint density at radius 3 is 2.68 bits per heavy atom. The van der Waals surface area contributed by atoms with E-state index in [2.05, 4.69) is 15.6 Å². The lowest BCUT2D eigenvalue weighted by Gasteiger charge is -2.10. The van der Waals surface area contributed by atoms with Crippen molar-refractivity contribution in [3.63, 3.8) is 0 Å². The van der Waals surface area contributed by atoms with Crippen molar-refractivity contribution in [1.82, 2.24) is 15.0 Å². The van der Waals surface area contributed by atoms with E-state index >= 15 is 0 Å². The summed E-state index contributed by atoms with van der Waals surface area (Å²) >= 11 is 0. The van der Waals surface area contributed by atoms with Crippen LogP contribution in [0.4, 0.5) is 10.1 Å². The van der Waals surface area contributed by atoms with Crippen LogP contribution in [0.1, 0.15) is 12.0 Å². The predicted molar refractivity (Wildman–Crippen MR) is 114 cm³/mol. The minimum Gasteiger partial charge on any atom is -0.489 e. The van der Waals surface area contributed by atoms with Crippen molar-refractivity contribution in [1.29, 1.82) is 0 Å². The number of nitrogens with zero attached hydrogens (tertiary/aromatic N) is 3. The number of aryl methyl sites for hydroxylation is 1. The van der Waals surface area contributed by atoms with Gasteiger partial charge in [-0.25, -0.2) is 9.07 Å². The summed E-state index contributed by atoms with van der Waals surface area (Å²) in [4.78, 5) is 24.8. The van der Waals surface area contributed by atoms with Crippen LogP contribution in [0.5, 0.6) is 5.75 Å². The summed E-state index contributed by atoms with van der Waals surface area (Å²) in [6.07, 6.45) is 0.0631. The molecule has 3 aromatic carbocycles. The SMILES string of the molecule is O=C(CCn1nnc2ccccc2c1=O)Nc1cccc(OCc2ccc(F)cc2)c1. The molecule has 4 aromatic rings. The van der Waals surface area contributed by atoms with Crippen molar-refractivity contribution in [2.75, 3.05) is 5.32 Å². The van der Waals surface area contributed by atoms with E-state index in [1.54, 1.807) is 60.7 Å². The van der Waals surface area contributed by atoms with Crippen LogP contribution in [0.3, 0.4) is 0 Å². The van der Waals surface area contributed by atoms with Crippen molar-refractivity contribution < 1.29 is 13.9 Å². The summed E-state index contributed by atoms with van der Waals surface area (Å²) in [6, 6.07) is 20.0. The maximum Gasteiger partial charge on any atom is 0.277 e. The average Bonchev–Trinajstić information content (AvgIpc) is 2.79. The molecule has 31 heavy (non-hydrogen) atoms. The third kappa shape index (κ3) is 5.11. The van der Waals surface area contributed by atoms with Gasteiger partial charge in [0.05, 0.1) is 11.9 Å². The van der Waals surface area contributed by atoms with Gasteiger partial charge in [-0.1, -0.05) is 35.5 Å². The second-order valence-electron chi connectivity index (χ2n) is 6.88. The van der Waals surface area contributed by atoms with E-state index in [0.717, 1.165) is 5.56 Å². The van der Waals surface area contributed by atoms with Crippen LogP contribution in [0, 0.1) is 5.82 Å². The highest BCUT2D eigenvalue weighted by Crippen LogP contribution is 2.19. The molecular formula is C23H19FN4O3. The largest absolute Gasteiger partial charge is 0.489 e. The molecule has 1 amide bonds. The van der Waals surface area contributed by atoms with Crippen molar-refractivity contribution in [2.24, 2.45) is 0 Å². The summed E-state index contributed by atoms with van der Waals surface area (Å²) < 4.78 is 19.9. The maximum absolute atomic E-state index is 13.0. The Morgan fingerprint density at radius 1 is 1.03 bits per heavy atom. The molecule has 0 spiro atoms. The fourth-order valence-corrected chi connectivity index (χ4v) is 3.01. The normalized spacial score (nSPS) is 10.7. The van der Waals surface area contributed by atoms with Gasteiger partial charge >= 0.3 is 0 Å². The van der Waals surface area contributed by atoms with E-state index in [4.69, 9.17) is 4.74 Å². The second kappa shape index (κ2) is 9.17. The van der Waals surface area contributed by atoms with Crippen LogP contribution in [0.15, 0.2) is 77.6 Å². The van der Waals surface area contributed by atoms with Crippen LogP contribution in [-0.4, -0.2) is 20.9 Å². The Labute approximate surface area is 177 Å². The molecule has 0 aliphatic rings. The van der Waals surface area contributed by atoms with Crippen LogP contribution in [0.25, 0.3) is 10.9 Å². The molecule has 0 aliphatic heterocycles. The van der Waals surface area contributed by atoms with Gasteiger partial charge in [0.2, 0.25) is 5.91 Å². The average molecular weight is 418 g/mol. The Kier molecular flexibility index (Phi) is 5.98. The van der Waals surface area contributed by atoms with Crippen molar-refractivity contribution in [3.05, 3.63) is 94.5 Å². The number of aromatic nitrogens is 3. The van der Waals surface area contributed by atoms with Gasteiger partial charge in [-0.15, -0.1) is 5.10 Å². The molecule has 0 saturated heterocycles. The van der Waals surface area contributed by atoms with Crippen LogP contribution in [0.2, 0.25) is 0 Å². The number of halogens is 1. The predicted octanol–water partition coefficient (Wildman–Crippen LogP) is 3.54. The fourth-order valence-electron chi connectivity index (χ4n) is 3.01. The summed E-state index contributed by atoms with van der Waals surface area (Å²) in [7, 11) is 0. The van der Waals surface area contributed by atoms with Gasteiger partial charge in [-0.2, -0.15) is 0 Å². The number of amides is 1. The van der Waals surface area contributed by atoms with Crippen LogP contribution >= 0.6 is 0 Å². The van der Waals surface area contributed by atoms with Gasteiger partial charge in [0, 0.05) is 18.2 Å². The number of anilines is 1. The Morgan fingerprint density at radius 2 is 1.84 bits per heavy atom. The molecule has 0 bridgehead atoms. The third-order valence-corrected chi connectivity index (χ3v) is 4.62. The van der Waals surface area contributed by atoms with E-state index < -0.39 is 0 Å². The molecule has 1 heterocycles. The number of carbonyl (C=O) groups is 1. The van der Waals surface area contributed by atoms with Crippen LogP contribution < -0.4 is 15.6 Å². The first kappa shape index (κ1) is 20.2. The first-order chi connectivity index (χ1) is 15.1. The molecule has 0 unspecified atom stereocenters. The minimum absolute atomic E-state index is 0.0631. The monoisotopic (exact) mass is 418 g/mol. The number of rotatable bonds is 7. The summed E-state index contributed by atoms with van der Waals surface area (Å²) in [5.74, 6) is 0.00155. The van der Waals surface area contributed by atoms with E-state index in [1.807, 2.05) is 0 Å². The Bertz CT molecular complexity index is 1270. The minimum atomic E-state index is -0.301. The van der Waals surface area contributed by atoms with E-state index in [-0.39, 0.29) is 36.9 Å². The van der Waals surface area contributed by atoms with Crippen molar-refractivity contribution >= 4 is 22.5 Å². The second-order valence-corrected chi connectivity index (χ2v) is 6.88. The van der Waals surface area contributed by atoms with Crippen molar-refractivity contribution in [3.8, 4) is 5.75 Å².